The van der Waals surface area contributed by atoms with Gasteiger partial charge >= 0.3 is 5.88 Å². The molecule has 1 heterocycles. The Kier molecular flexibility index (Phi) is 3.26. The molecule has 0 saturated carbocycles. The first-order valence-electron chi connectivity index (χ1n) is 4.83. The van der Waals surface area contributed by atoms with Gasteiger partial charge in [0.1, 0.15) is 10.7 Å². The Morgan fingerprint density at radius 1 is 1.24 bits per heavy atom. The number of nitrogens with zero attached hydrogens (tertiary/aromatic N) is 1. The molecule has 2 aromatic rings. The van der Waals surface area contributed by atoms with E-state index in [1.54, 1.807) is 0 Å². The molecular weight excluding hydrogens is 288 g/mol. The van der Waals surface area contributed by atoms with Crippen LogP contribution in [0.25, 0.3) is 0 Å². The second kappa shape index (κ2) is 4.68. The molecule has 2 rings (SSSR count). The second-order valence-corrected chi connectivity index (χ2v) is 4.38. The third-order valence-electron chi connectivity index (χ3n) is 2.33. The van der Waals surface area contributed by atoms with Crippen molar-refractivity contribution in [1.29, 1.82) is 0 Å². The number of furan rings is 1. The lowest BCUT2D eigenvalue weighted by atomic mass is 10.1. The van der Waals surface area contributed by atoms with Gasteiger partial charge in [0.15, 0.2) is 0 Å². The van der Waals surface area contributed by atoms with Crippen molar-refractivity contribution >= 4 is 21.8 Å². The first-order chi connectivity index (χ1) is 8.08. The van der Waals surface area contributed by atoms with Crippen LogP contribution in [0.5, 0.6) is 0 Å². The van der Waals surface area contributed by atoms with Crippen molar-refractivity contribution in [2.45, 2.75) is 6.04 Å². The van der Waals surface area contributed by atoms with Crippen LogP contribution in [-0.2, 0) is 0 Å². The van der Waals surface area contributed by atoms with E-state index in [0.717, 1.165) is 10.0 Å². The molecule has 1 aromatic heterocycles. The van der Waals surface area contributed by atoms with E-state index in [2.05, 4.69) is 15.9 Å². The molecule has 1 aromatic carbocycles. The number of rotatable bonds is 3. The lowest BCUT2D eigenvalue weighted by Crippen LogP contribution is -2.10. The summed E-state index contributed by atoms with van der Waals surface area (Å²) in [6.45, 7) is 0. The summed E-state index contributed by atoms with van der Waals surface area (Å²) >= 11 is 3.32. The van der Waals surface area contributed by atoms with Crippen LogP contribution in [-0.4, -0.2) is 4.92 Å². The molecule has 0 spiro atoms. The van der Waals surface area contributed by atoms with E-state index in [0.29, 0.717) is 5.76 Å². The summed E-state index contributed by atoms with van der Waals surface area (Å²) in [5.41, 5.74) is 6.78. The fourth-order valence-electron chi connectivity index (χ4n) is 1.44. The molecule has 0 aliphatic rings. The predicted octanol–water partition coefficient (Wildman–Crippen LogP) is 3.00. The molecule has 1 unspecified atom stereocenters. The Bertz CT molecular complexity index is 536. The Labute approximate surface area is 106 Å². The third kappa shape index (κ3) is 2.54. The van der Waals surface area contributed by atoms with Crippen LogP contribution in [0.2, 0.25) is 0 Å². The van der Waals surface area contributed by atoms with Crippen LogP contribution in [0.15, 0.2) is 45.3 Å². The van der Waals surface area contributed by atoms with E-state index in [9.17, 15) is 10.1 Å². The molecule has 0 amide bonds. The number of nitrogens with two attached hydrogens (primary N) is 1. The van der Waals surface area contributed by atoms with Gasteiger partial charge in [0, 0.05) is 4.47 Å². The molecule has 0 radical (unpaired) electrons. The summed E-state index contributed by atoms with van der Waals surface area (Å²) < 4.78 is 6.00. The summed E-state index contributed by atoms with van der Waals surface area (Å²) in [4.78, 5) is 9.90. The molecule has 6 heteroatoms. The maximum Gasteiger partial charge on any atom is 0.433 e. The Morgan fingerprint density at radius 3 is 2.41 bits per heavy atom. The minimum Gasteiger partial charge on any atom is -0.404 e. The third-order valence-corrected chi connectivity index (χ3v) is 2.86. The van der Waals surface area contributed by atoms with Crippen LogP contribution in [0, 0.1) is 10.1 Å². The van der Waals surface area contributed by atoms with Gasteiger partial charge in [0.25, 0.3) is 0 Å². The highest BCUT2D eigenvalue weighted by molar-refractivity contribution is 9.10. The highest BCUT2D eigenvalue weighted by Crippen LogP contribution is 2.25. The van der Waals surface area contributed by atoms with E-state index >= 15 is 0 Å². The lowest BCUT2D eigenvalue weighted by Gasteiger charge is -2.08. The summed E-state index contributed by atoms with van der Waals surface area (Å²) in [6.07, 6.45) is 0. The van der Waals surface area contributed by atoms with Crippen molar-refractivity contribution in [3.63, 3.8) is 0 Å². The van der Waals surface area contributed by atoms with E-state index in [4.69, 9.17) is 10.2 Å². The zero-order valence-corrected chi connectivity index (χ0v) is 10.3. The van der Waals surface area contributed by atoms with Gasteiger partial charge in [-0.05, 0) is 23.8 Å². The quantitative estimate of drug-likeness (QED) is 0.697. The van der Waals surface area contributed by atoms with E-state index in [1.165, 1.54) is 12.1 Å². The van der Waals surface area contributed by atoms with Gasteiger partial charge in [-0.2, -0.15) is 0 Å². The van der Waals surface area contributed by atoms with Crippen LogP contribution in [0.3, 0.4) is 0 Å². The molecule has 88 valence electrons. The zero-order valence-electron chi connectivity index (χ0n) is 8.67. The smallest absolute Gasteiger partial charge is 0.404 e. The van der Waals surface area contributed by atoms with Gasteiger partial charge in [-0.3, -0.25) is 10.1 Å². The Balaban J connectivity index is 2.27. The molecule has 1 atom stereocenters. The van der Waals surface area contributed by atoms with E-state index < -0.39 is 11.0 Å². The predicted molar refractivity (Wildman–Crippen MR) is 65.5 cm³/mol. The van der Waals surface area contributed by atoms with Gasteiger partial charge in [0.05, 0.1) is 12.1 Å². The second-order valence-electron chi connectivity index (χ2n) is 3.46. The van der Waals surface area contributed by atoms with Gasteiger partial charge in [0.2, 0.25) is 0 Å². The SMILES string of the molecule is NC(c1ccc(Br)cc1)c1ccc([N+](=O)[O-])o1. The molecule has 2 N–H and O–H groups in total. The molecular formula is C11H9BrN2O3. The monoisotopic (exact) mass is 296 g/mol. The molecule has 5 nitrogen and oxygen atoms in total. The highest BCUT2D eigenvalue weighted by Gasteiger charge is 2.17. The minimum atomic E-state index is -0.586. The zero-order chi connectivity index (χ0) is 12.4. The number of nitro groups is 1. The molecule has 17 heavy (non-hydrogen) atoms. The summed E-state index contributed by atoms with van der Waals surface area (Å²) in [6, 6.07) is 9.70. The maximum absolute atomic E-state index is 10.5. The largest absolute Gasteiger partial charge is 0.433 e. The topological polar surface area (TPSA) is 82.3 Å². The molecule has 0 fully saturated rings. The lowest BCUT2D eigenvalue weighted by molar-refractivity contribution is -0.402. The maximum atomic E-state index is 10.5. The standard InChI is InChI=1S/C11H9BrN2O3/c12-8-3-1-7(2-4-8)11(13)9-5-6-10(17-9)14(15)16/h1-6,11H,13H2. The molecule has 0 bridgehead atoms. The van der Waals surface area contributed by atoms with Crippen LogP contribution >= 0.6 is 15.9 Å². The van der Waals surface area contributed by atoms with Crippen LogP contribution in [0.1, 0.15) is 17.4 Å². The van der Waals surface area contributed by atoms with Crippen LogP contribution < -0.4 is 5.73 Å². The molecule has 0 aliphatic carbocycles. The van der Waals surface area contributed by atoms with Crippen molar-refractivity contribution < 1.29 is 9.34 Å². The summed E-state index contributed by atoms with van der Waals surface area (Å²) in [7, 11) is 0. The van der Waals surface area contributed by atoms with E-state index in [-0.39, 0.29) is 5.88 Å². The number of hydrogen-bond acceptors (Lipinski definition) is 4. The Hall–Kier alpha value is -1.66. The van der Waals surface area contributed by atoms with Gasteiger partial charge < -0.3 is 10.2 Å². The van der Waals surface area contributed by atoms with Crippen molar-refractivity contribution in [3.8, 4) is 0 Å². The highest BCUT2D eigenvalue weighted by atomic mass is 79.9. The number of benzene rings is 1. The van der Waals surface area contributed by atoms with Crippen molar-refractivity contribution in [1.82, 2.24) is 0 Å². The Morgan fingerprint density at radius 2 is 1.88 bits per heavy atom. The van der Waals surface area contributed by atoms with E-state index in [1.807, 2.05) is 24.3 Å². The van der Waals surface area contributed by atoms with Crippen molar-refractivity contribution in [2.75, 3.05) is 0 Å². The fraction of sp³-hybridized carbons (Fsp3) is 0.0909. The fourth-order valence-corrected chi connectivity index (χ4v) is 1.71. The summed E-state index contributed by atoms with van der Waals surface area (Å²) in [5, 5.41) is 10.5. The number of hydrogen-bond donors (Lipinski definition) is 1. The van der Waals surface area contributed by atoms with Crippen LogP contribution in [0.4, 0.5) is 5.88 Å². The number of halogens is 1. The average Bonchev–Trinajstić information content (AvgIpc) is 2.78. The minimum absolute atomic E-state index is 0.299. The normalized spacial score (nSPS) is 12.4. The molecule has 0 saturated heterocycles. The average molecular weight is 297 g/mol. The van der Waals surface area contributed by atoms with Gasteiger partial charge in [-0.25, -0.2) is 0 Å². The summed E-state index contributed by atoms with van der Waals surface area (Å²) in [5.74, 6) is 0.0755. The first-order valence-corrected chi connectivity index (χ1v) is 5.62. The first kappa shape index (κ1) is 11.8. The van der Waals surface area contributed by atoms with Gasteiger partial charge in [-0.1, -0.05) is 28.1 Å². The van der Waals surface area contributed by atoms with Gasteiger partial charge in [-0.15, -0.1) is 0 Å². The van der Waals surface area contributed by atoms with Crippen molar-refractivity contribution in [3.05, 3.63) is 62.3 Å². The van der Waals surface area contributed by atoms with Crippen molar-refractivity contribution in [2.24, 2.45) is 5.73 Å². The molecule has 0 aliphatic heterocycles.